The second-order valence-corrected chi connectivity index (χ2v) is 37.0. The van der Waals surface area contributed by atoms with Crippen molar-refractivity contribution in [3.63, 3.8) is 0 Å². The number of carboxylic acids is 1. The Bertz CT molecular complexity index is 4380. The fourth-order valence-electron chi connectivity index (χ4n) is 9.88. The number of nitrogen functional groups attached to an aromatic ring is 1. The first kappa shape index (κ1) is 84.2. The molecule has 21 nitrogen and oxygen atoms in total. The largest absolute Gasteiger partial charge is 1.00 e. The summed E-state index contributed by atoms with van der Waals surface area (Å²) in [6, 6.07) is 51.1. The molecule has 12 rings (SSSR count). The third-order valence-electron chi connectivity index (χ3n) is 15.1. The molecule has 6 heterocycles. The van der Waals surface area contributed by atoms with Crippen molar-refractivity contribution in [1.82, 2.24) is 40.2 Å². The van der Waals surface area contributed by atoms with Crippen LogP contribution in [0.15, 0.2) is 225 Å². The second-order valence-electron chi connectivity index (χ2n) is 22.9. The van der Waals surface area contributed by atoms with Crippen LogP contribution in [0.1, 0.15) is 132 Å². The van der Waals surface area contributed by atoms with E-state index in [9.17, 15) is 36.7 Å². The monoisotopic (exact) mass is 1620 g/mol. The van der Waals surface area contributed by atoms with Gasteiger partial charge in [-0.25, -0.2) is 22.4 Å². The summed E-state index contributed by atoms with van der Waals surface area (Å²) in [6.07, 6.45) is 14.7. The molecule has 0 amide bonds. The van der Waals surface area contributed by atoms with Gasteiger partial charge in [0.2, 0.25) is 0 Å². The Hall–Kier alpha value is -9.41. The van der Waals surface area contributed by atoms with E-state index in [1.807, 2.05) is 106 Å². The minimum Gasteiger partial charge on any atom is -0.488 e. The average Bonchev–Trinajstić information content (AvgIpc) is 1.73. The summed E-state index contributed by atoms with van der Waals surface area (Å²) in [5.74, 6) is 1.58. The van der Waals surface area contributed by atoms with Crippen LogP contribution in [0.5, 0.6) is 0 Å². The summed E-state index contributed by atoms with van der Waals surface area (Å²) < 4.78 is 82.6. The molecule has 0 aliphatic carbocycles. The Morgan fingerprint density at radius 1 is 0.505 bits per heavy atom. The van der Waals surface area contributed by atoms with Gasteiger partial charge in [-0.3, -0.25) is 19.0 Å². The maximum Gasteiger partial charge on any atom is 1.00 e. The number of ketones is 3. The van der Waals surface area contributed by atoms with Gasteiger partial charge in [0, 0.05) is 47.5 Å². The number of aromatic carboxylic acids is 1. The zero-order valence-electron chi connectivity index (χ0n) is 57.8. The molecule has 12 aromatic rings. The predicted octanol–water partition coefficient (Wildman–Crippen LogP) is 14.5. The predicted molar refractivity (Wildman–Crippen MR) is 390 cm³/mol. The van der Waals surface area contributed by atoms with Crippen LogP contribution in [0.25, 0.3) is 39.6 Å². The molecule has 6 N–H and O–H groups in total. The number of carboxylic acid groups (broad SMARTS) is 1. The van der Waals surface area contributed by atoms with Crippen LogP contribution in [0.3, 0.4) is 0 Å². The standard InChI is InChI=1S/C21H16FN3O2.C11H8FNO2.C10H6FNO3.C10H11N3.C6H4FI.C5H4NO2.3C4H9.Li.H3N2O.Sn/c22-18-9-5-4-8-17(18)21-11-19(24-27-21)20(26)10-16-12-23-25(14-16)13-15-6-2-1-3-7-15;1-7(14)10-6-11(15-13-10)8-4-2-3-5-9(8)12;11-7-4-2-1-3-6(7)9-5-8(10(13)14)12-15-9;11-10-6-12-13(8-10)7-9-4-2-1-3-5-9;7-5-3-1-2-4-6(5)8;1-4(7)5-2-3-8-6-5;3*1-3-4-2;;1-2-3;/h1-9,11-12,14H,10,13H2;2-6H,1H3;1-5H,(H,13,14);1-6,8H,7,11H2;1-4H;2H,1H3;3*1,3-4H2,2H3;;3H,1H2;/q;;;;;;;;;+1;-1;. The number of hydrogen-bond acceptors (Lipinski definition) is 17. The third kappa shape index (κ3) is 27.7. The SMILES string of the molecule is CC(=O)c1cc(-c2ccccc2F)on1.CCC[CH2][Sn]([CH2]CCC)([CH2]CCC)[c]1cc(C(C)=O)no1.Fc1ccccc1I.N[N-]O.Nc1cnn(Cc2ccccc2)c1.O=C(Cc1cnn(Cc2ccccc2)c1)c1cc(-c2ccccc2F)on1.O=C(O)c1cc(-c2ccccc2F)on1.[Li+]. The van der Waals surface area contributed by atoms with E-state index in [0.717, 1.165) is 21.4 Å². The molecule has 103 heavy (non-hydrogen) atoms. The van der Waals surface area contributed by atoms with Crippen LogP contribution in [0.4, 0.5) is 23.2 Å². The van der Waals surface area contributed by atoms with Gasteiger partial charge in [-0.1, -0.05) is 125 Å². The topological polar surface area (TPSA) is 315 Å². The summed E-state index contributed by atoms with van der Waals surface area (Å²) in [4.78, 5) is 45.5. The van der Waals surface area contributed by atoms with Crippen molar-refractivity contribution in [2.45, 2.75) is 106 Å². The van der Waals surface area contributed by atoms with E-state index in [2.05, 4.69) is 69.6 Å². The number of halogens is 5. The molecule has 0 atom stereocenters. The van der Waals surface area contributed by atoms with Crippen molar-refractivity contribution in [2.24, 2.45) is 5.84 Å². The number of nitrogens with zero attached hydrogens (tertiary/aromatic N) is 9. The molecule has 0 bridgehead atoms. The average molecular weight is 1620 g/mol. The van der Waals surface area contributed by atoms with Crippen LogP contribution < -0.4 is 34.2 Å². The van der Waals surface area contributed by atoms with Crippen LogP contribution in [0.2, 0.25) is 13.3 Å². The molecule has 28 heteroatoms. The van der Waals surface area contributed by atoms with Crippen LogP contribution >= 0.6 is 22.6 Å². The first-order chi connectivity index (χ1) is 49.2. The van der Waals surface area contributed by atoms with Crippen molar-refractivity contribution >= 4 is 73.8 Å². The number of nitrogens with two attached hydrogens (primary N) is 2. The summed E-state index contributed by atoms with van der Waals surface area (Å²) in [5, 5.41) is 38.6. The maximum atomic E-state index is 13.8. The van der Waals surface area contributed by atoms with Gasteiger partial charge in [0.1, 0.15) is 29.0 Å². The van der Waals surface area contributed by atoms with Gasteiger partial charge in [0.25, 0.3) is 0 Å². The molecule has 534 valence electrons. The van der Waals surface area contributed by atoms with Crippen molar-refractivity contribution in [3.8, 4) is 34.0 Å². The van der Waals surface area contributed by atoms with E-state index in [1.54, 1.807) is 78.6 Å². The minimum absolute atomic E-state index is 0. The molecule has 0 unspecified atom stereocenters. The second kappa shape index (κ2) is 44.9. The summed E-state index contributed by atoms with van der Waals surface area (Å²) in [6.45, 7) is 11.1. The molecule has 6 aromatic heterocycles. The Labute approximate surface area is 623 Å². The normalized spacial score (nSPS) is 10.4. The fourth-order valence-corrected chi connectivity index (χ4v) is 25.3. The fraction of sp³-hybridized carbons (Fsp3) is 0.227. The van der Waals surface area contributed by atoms with Crippen LogP contribution in [0, 0.1) is 26.8 Å². The van der Waals surface area contributed by atoms with Crippen molar-refractivity contribution in [2.75, 3.05) is 5.73 Å². The third-order valence-corrected chi connectivity index (χ3v) is 30.9. The maximum absolute atomic E-state index is 13.8. The number of rotatable bonds is 23. The van der Waals surface area contributed by atoms with E-state index >= 15 is 0 Å². The quantitative estimate of drug-likeness (QED) is 0.0115. The van der Waals surface area contributed by atoms with Gasteiger partial charge in [-0.2, -0.15) is 10.2 Å². The number of anilines is 1. The molecule has 0 aliphatic heterocycles. The molecular weight excluding hydrogens is 1540 g/mol. The number of carbonyl (C=O) groups excluding carboxylic acids is 3. The molecule has 0 fully saturated rings. The Morgan fingerprint density at radius 3 is 1.24 bits per heavy atom. The Morgan fingerprint density at radius 2 is 0.874 bits per heavy atom. The summed E-state index contributed by atoms with van der Waals surface area (Å²) in [7, 11) is 0. The number of benzene rings is 6. The van der Waals surface area contributed by atoms with Gasteiger partial charge in [-0.05, 0) is 87.8 Å². The van der Waals surface area contributed by atoms with E-state index in [0.29, 0.717) is 27.1 Å². The van der Waals surface area contributed by atoms with Gasteiger partial charge < -0.3 is 41.0 Å². The smallest absolute Gasteiger partial charge is 0.488 e. The number of hydrogen-bond donors (Lipinski definition) is 4. The van der Waals surface area contributed by atoms with Crippen LogP contribution in [-0.4, -0.2) is 92.2 Å². The zero-order chi connectivity index (χ0) is 73.8. The molecular formula is C75H79F4ILiN11O10Sn. The summed E-state index contributed by atoms with van der Waals surface area (Å²) >= 11 is -0.569. The molecule has 0 saturated carbocycles. The number of Topliss-reactive ketones (excluding diaryl/α,β-unsaturated/α-hetero) is 3. The van der Waals surface area contributed by atoms with Crippen molar-refractivity contribution < 1.29 is 84.0 Å². The first-order valence-electron chi connectivity index (χ1n) is 32.4. The molecule has 0 saturated heterocycles. The Balaban J connectivity index is 0.000000227. The van der Waals surface area contributed by atoms with Gasteiger partial charge in [0.05, 0.1) is 47.9 Å². The first-order valence-corrected chi connectivity index (χ1v) is 41.0. The molecule has 6 aromatic carbocycles. The van der Waals surface area contributed by atoms with Gasteiger partial charge >= 0.3 is 159 Å². The summed E-state index contributed by atoms with van der Waals surface area (Å²) in [5.41, 5.74) is 12.8. The van der Waals surface area contributed by atoms with Crippen LogP contribution in [-0.2, 0) is 19.5 Å². The van der Waals surface area contributed by atoms with Crippen molar-refractivity contribution in [1.29, 1.82) is 0 Å². The van der Waals surface area contributed by atoms with E-state index < -0.39 is 41.8 Å². The van der Waals surface area contributed by atoms with E-state index in [-0.39, 0.29) is 93.9 Å². The van der Waals surface area contributed by atoms with E-state index in [4.69, 9.17) is 34.1 Å². The minimum atomic E-state index is -2.52. The number of aromatic nitrogens is 8. The molecule has 0 spiro atoms. The Kier molecular flexibility index (Phi) is 36.7. The van der Waals surface area contributed by atoms with Gasteiger partial charge in [0.15, 0.2) is 40.2 Å². The van der Waals surface area contributed by atoms with E-state index in [1.165, 1.54) is 119 Å². The number of carbonyl (C=O) groups is 4. The number of unbranched alkanes of at least 4 members (excludes halogenated alkanes) is 3. The van der Waals surface area contributed by atoms with Crippen molar-refractivity contribution in [3.05, 3.63) is 279 Å². The zero-order valence-corrected chi connectivity index (χ0v) is 62.9. The van der Waals surface area contributed by atoms with Gasteiger partial charge in [-0.15, -0.1) is 0 Å². The molecule has 0 aliphatic rings. The molecule has 0 radical (unpaired) electrons.